The fraction of sp³-hybridized carbons (Fsp3) is 0.300. The van der Waals surface area contributed by atoms with Gasteiger partial charge in [0.05, 0.1) is 21.2 Å². The van der Waals surface area contributed by atoms with Gasteiger partial charge in [-0.15, -0.1) is 0 Å². The molecule has 0 spiro atoms. The standard InChI is InChI=1S/C20H22Cl2N2O5S/c1-4-12(2)24-30(27,28)16-8-5-14(6-9-16)20(26)29-13(3)19(25)23-18-11-15(21)7-10-17(18)22/h5-13,24H,4H2,1-3H3,(H,23,25). The number of benzene rings is 2. The molecule has 0 fully saturated rings. The molecule has 30 heavy (non-hydrogen) atoms. The first-order valence-electron chi connectivity index (χ1n) is 9.12. The van der Waals surface area contributed by atoms with Crippen molar-refractivity contribution in [2.75, 3.05) is 5.32 Å². The lowest BCUT2D eigenvalue weighted by Crippen LogP contribution is -2.32. The number of hydrogen-bond donors (Lipinski definition) is 2. The third kappa shape index (κ3) is 6.43. The van der Waals surface area contributed by atoms with E-state index >= 15 is 0 Å². The van der Waals surface area contributed by atoms with E-state index in [2.05, 4.69) is 10.0 Å². The third-order valence-corrected chi connectivity index (χ3v) is 6.38. The highest BCUT2D eigenvalue weighted by Gasteiger charge is 2.21. The van der Waals surface area contributed by atoms with Gasteiger partial charge in [-0.25, -0.2) is 17.9 Å². The highest BCUT2D eigenvalue weighted by Crippen LogP contribution is 2.25. The Bertz CT molecular complexity index is 1030. The summed E-state index contributed by atoms with van der Waals surface area (Å²) in [5.74, 6) is -1.36. The summed E-state index contributed by atoms with van der Waals surface area (Å²) >= 11 is 11.9. The van der Waals surface area contributed by atoms with E-state index in [1.807, 2.05) is 6.92 Å². The highest BCUT2D eigenvalue weighted by atomic mass is 35.5. The van der Waals surface area contributed by atoms with Crippen molar-refractivity contribution in [2.45, 2.75) is 44.2 Å². The average molecular weight is 473 g/mol. The average Bonchev–Trinajstić information content (AvgIpc) is 2.70. The quantitative estimate of drug-likeness (QED) is 0.558. The van der Waals surface area contributed by atoms with Gasteiger partial charge in [-0.1, -0.05) is 30.1 Å². The van der Waals surface area contributed by atoms with Crippen molar-refractivity contribution in [3.05, 3.63) is 58.1 Å². The Morgan fingerprint density at radius 3 is 2.30 bits per heavy atom. The predicted octanol–water partition coefficient (Wildman–Crippen LogP) is 4.25. The minimum absolute atomic E-state index is 0.0285. The zero-order valence-electron chi connectivity index (χ0n) is 16.6. The monoisotopic (exact) mass is 472 g/mol. The van der Waals surface area contributed by atoms with E-state index in [-0.39, 0.29) is 21.5 Å². The van der Waals surface area contributed by atoms with Gasteiger partial charge in [-0.2, -0.15) is 0 Å². The molecule has 0 saturated heterocycles. The molecule has 2 aromatic rings. The maximum Gasteiger partial charge on any atom is 0.338 e. The molecule has 2 atom stereocenters. The lowest BCUT2D eigenvalue weighted by molar-refractivity contribution is -0.123. The van der Waals surface area contributed by atoms with E-state index in [0.717, 1.165) is 0 Å². The van der Waals surface area contributed by atoms with Crippen molar-refractivity contribution < 1.29 is 22.7 Å². The van der Waals surface area contributed by atoms with E-state index < -0.39 is 28.0 Å². The molecule has 1 amide bonds. The van der Waals surface area contributed by atoms with Crippen LogP contribution >= 0.6 is 23.2 Å². The number of esters is 1. The van der Waals surface area contributed by atoms with Crippen molar-refractivity contribution in [3.63, 3.8) is 0 Å². The van der Waals surface area contributed by atoms with Crippen molar-refractivity contribution in [1.82, 2.24) is 4.72 Å². The van der Waals surface area contributed by atoms with Crippen LogP contribution in [0, 0.1) is 0 Å². The van der Waals surface area contributed by atoms with Crippen LogP contribution in [0.1, 0.15) is 37.6 Å². The van der Waals surface area contributed by atoms with E-state index in [1.54, 1.807) is 13.0 Å². The number of halogens is 2. The van der Waals surface area contributed by atoms with Gasteiger partial charge in [0.15, 0.2) is 6.10 Å². The number of carbonyl (C=O) groups excluding carboxylic acids is 2. The summed E-state index contributed by atoms with van der Waals surface area (Å²) in [6, 6.07) is 9.62. The number of carbonyl (C=O) groups is 2. The molecule has 0 aliphatic heterocycles. The smallest absolute Gasteiger partial charge is 0.338 e. The van der Waals surface area contributed by atoms with Crippen LogP contribution in [-0.4, -0.2) is 32.4 Å². The number of anilines is 1. The van der Waals surface area contributed by atoms with Gasteiger partial charge in [0.2, 0.25) is 10.0 Å². The first-order valence-corrected chi connectivity index (χ1v) is 11.4. The molecule has 2 rings (SSSR count). The van der Waals surface area contributed by atoms with Gasteiger partial charge >= 0.3 is 5.97 Å². The highest BCUT2D eigenvalue weighted by molar-refractivity contribution is 7.89. The second-order valence-electron chi connectivity index (χ2n) is 6.62. The van der Waals surface area contributed by atoms with Crippen LogP contribution in [0.3, 0.4) is 0 Å². The van der Waals surface area contributed by atoms with Crippen LogP contribution in [-0.2, 0) is 19.6 Å². The normalized spacial score (nSPS) is 13.4. The Kier molecular flexibility index (Phi) is 8.25. The van der Waals surface area contributed by atoms with Gasteiger partial charge in [-0.05, 0) is 62.7 Å². The summed E-state index contributed by atoms with van der Waals surface area (Å²) in [6.07, 6.45) is -0.479. The molecule has 0 bridgehead atoms. The Balaban J connectivity index is 2.03. The summed E-state index contributed by atoms with van der Waals surface area (Å²) in [7, 11) is -3.68. The minimum Gasteiger partial charge on any atom is -0.449 e. The predicted molar refractivity (Wildman–Crippen MR) is 116 cm³/mol. The Morgan fingerprint density at radius 1 is 1.07 bits per heavy atom. The van der Waals surface area contributed by atoms with Crippen LogP contribution in [0.15, 0.2) is 47.4 Å². The second-order valence-corrected chi connectivity index (χ2v) is 9.17. The Hall–Kier alpha value is -2.13. The topological polar surface area (TPSA) is 102 Å². The first kappa shape index (κ1) is 24.1. The molecule has 0 heterocycles. The fourth-order valence-electron chi connectivity index (χ4n) is 2.30. The summed E-state index contributed by atoms with van der Waals surface area (Å²) in [6.45, 7) is 5.02. The molecular weight excluding hydrogens is 451 g/mol. The van der Waals surface area contributed by atoms with Gasteiger partial charge in [-0.3, -0.25) is 4.79 Å². The molecular formula is C20H22Cl2N2O5S. The molecule has 2 aromatic carbocycles. The number of rotatable bonds is 8. The molecule has 162 valence electrons. The van der Waals surface area contributed by atoms with E-state index in [0.29, 0.717) is 17.1 Å². The van der Waals surface area contributed by atoms with Crippen LogP contribution < -0.4 is 10.0 Å². The number of sulfonamides is 1. The number of ether oxygens (including phenoxy) is 1. The molecule has 7 nitrogen and oxygen atoms in total. The zero-order valence-corrected chi connectivity index (χ0v) is 18.9. The molecule has 0 saturated carbocycles. The maximum absolute atomic E-state index is 12.3. The largest absolute Gasteiger partial charge is 0.449 e. The molecule has 2 unspecified atom stereocenters. The van der Waals surface area contributed by atoms with Crippen LogP contribution in [0.5, 0.6) is 0 Å². The molecule has 0 aliphatic rings. The third-order valence-electron chi connectivity index (χ3n) is 4.21. The summed E-state index contributed by atoms with van der Waals surface area (Å²) < 4.78 is 32.2. The van der Waals surface area contributed by atoms with E-state index in [9.17, 15) is 18.0 Å². The van der Waals surface area contributed by atoms with Crippen LogP contribution in [0.25, 0.3) is 0 Å². The minimum atomic E-state index is -3.68. The van der Waals surface area contributed by atoms with Crippen molar-refractivity contribution in [3.8, 4) is 0 Å². The maximum atomic E-state index is 12.3. The first-order chi connectivity index (χ1) is 14.0. The zero-order chi connectivity index (χ0) is 22.5. The Labute approximate surface area is 185 Å². The lowest BCUT2D eigenvalue weighted by Gasteiger charge is -2.15. The number of hydrogen-bond acceptors (Lipinski definition) is 5. The summed E-state index contributed by atoms with van der Waals surface area (Å²) in [5, 5.41) is 3.21. The number of nitrogens with one attached hydrogen (secondary N) is 2. The fourth-order valence-corrected chi connectivity index (χ4v) is 3.96. The Morgan fingerprint density at radius 2 is 1.70 bits per heavy atom. The van der Waals surface area contributed by atoms with E-state index in [4.69, 9.17) is 27.9 Å². The van der Waals surface area contributed by atoms with Crippen LogP contribution in [0.2, 0.25) is 10.0 Å². The van der Waals surface area contributed by atoms with Crippen molar-refractivity contribution in [1.29, 1.82) is 0 Å². The molecule has 0 aliphatic carbocycles. The molecule has 10 heteroatoms. The summed E-state index contributed by atoms with van der Waals surface area (Å²) in [5.41, 5.74) is 0.401. The molecule has 0 radical (unpaired) electrons. The lowest BCUT2D eigenvalue weighted by atomic mass is 10.2. The van der Waals surface area contributed by atoms with Gasteiger partial charge in [0.25, 0.3) is 5.91 Å². The van der Waals surface area contributed by atoms with Gasteiger partial charge < -0.3 is 10.1 Å². The van der Waals surface area contributed by atoms with Crippen molar-refractivity contribution in [2.24, 2.45) is 0 Å². The SMILES string of the molecule is CCC(C)NS(=O)(=O)c1ccc(C(=O)OC(C)C(=O)Nc2cc(Cl)ccc2Cl)cc1. The summed E-state index contributed by atoms with van der Waals surface area (Å²) in [4.78, 5) is 24.6. The van der Waals surface area contributed by atoms with Gasteiger partial charge in [0.1, 0.15) is 0 Å². The van der Waals surface area contributed by atoms with E-state index in [1.165, 1.54) is 43.3 Å². The molecule has 0 aromatic heterocycles. The number of amides is 1. The second kappa shape index (κ2) is 10.3. The van der Waals surface area contributed by atoms with Gasteiger partial charge in [0, 0.05) is 11.1 Å². The van der Waals surface area contributed by atoms with Crippen molar-refractivity contribution >= 4 is 50.8 Å². The molecule has 2 N–H and O–H groups in total. The van der Waals surface area contributed by atoms with Crippen LogP contribution in [0.4, 0.5) is 5.69 Å².